The molecule has 0 saturated carbocycles. The molecule has 1 aliphatic rings. The summed E-state index contributed by atoms with van der Waals surface area (Å²) in [5.74, 6) is -0.395. The summed E-state index contributed by atoms with van der Waals surface area (Å²) in [4.78, 5) is 24.1. The molecule has 0 N–H and O–H groups in total. The van der Waals surface area contributed by atoms with E-state index in [9.17, 15) is 9.59 Å². The maximum absolute atomic E-state index is 12.2. The zero-order chi connectivity index (χ0) is 15.6. The van der Waals surface area contributed by atoms with Gasteiger partial charge in [-0.15, -0.1) is 0 Å². The molecule has 0 amide bonds. The van der Waals surface area contributed by atoms with Gasteiger partial charge in [-0.25, -0.2) is 0 Å². The Morgan fingerprint density at radius 2 is 2.10 bits per heavy atom. The van der Waals surface area contributed by atoms with Crippen LogP contribution < -0.4 is 0 Å². The number of methoxy groups -OCH3 is 1. The molecule has 112 valence electrons. The molecular formula is C17H19BrO3. The second-order valence-corrected chi connectivity index (χ2v) is 6.22. The second-order valence-electron chi connectivity index (χ2n) is 5.42. The fraction of sp³-hybridized carbons (Fsp3) is 0.412. The first-order valence-corrected chi connectivity index (χ1v) is 7.79. The molecule has 1 aliphatic carbocycles. The number of rotatable bonds is 3. The number of Topliss-reactive ketones (excluding diaryl/α,β-unsaturated/α-hetero) is 1. The van der Waals surface area contributed by atoms with E-state index in [1.54, 1.807) is 0 Å². The first-order chi connectivity index (χ1) is 9.95. The summed E-state index contributed by atoms with van der Waals surface area (Å²) in [5.41, 5.74) is 3.82. The Morgan fingerprint density at radius 3 is 2.76 bits per heavy atom. The van der Waals surface area contributed by atoms with Gasteiger partial charge in [0.05, 0.1) is 13.0 Å². The highest BCUT2D eigenvalue weighted by Gasteiger charge is 2.31. The lowest BCUT2D eigenvalue weighted by Gasteiger charge is -2.24. The topological polar surface area (TPSA) is 43.4 Å². The van der Waals surface area contributed by atoms with Gasteiger partial charge < -0.3 is 4.74 Å². The lowest BCUT2D eigenvalue weighted by molar-refractivity contribution is -0.144. The molecule has 0 aromatic heterocycles. The van der Waals surface area contributed by atoms with E-state index >= 15 is 0 Å². The summed E-state index contributed by atoms with van der Waals surface area (Å²) in [7, 11) is 1.39. The average Bonchev–Trinajstić information content (AvgIpc) is 2.47. The number of ether oxygens (including phenoxy) is 1. The fourth-order valence-electron chi connectivity index (χ4n) is 2.78. The van der Waals surface area contributed by atoms with E-state index in [-0.39, 0.29) is 17.7 Å². The standard InChI is InChI=1S/C17H19BrO3/c1-10-5-4-6-12(16(10)18)9-14-11(2)13(17(20)21-3)7-8-15(14)19/h4-6,13H,7-9H2,1-3H3. The molecule has 0 fully saturated rings. The minimum atomic E-state index is -0.286. The molecule has 3 nitrogen and oxygen atoms in total. The van der Waals surface area contributed by atoms with Crippen molar-refractivity contribution in [3.8, 4) is 0 Å². The summed E-state index contributed by atoms with van der Waals surface area (Å²) >= 11 is 3.58. The summed E-state index contributed by atoms with van der Waals surface area (Å²) in [6.07, 6.45) is 1.52. The molecule has 0 spiro atoms. The van der Waals surface area contributed by atoms with Crippen molar-refractivity contribution in [3.63, 3.8) is 0 Å². The highest BCUT2D eigenvalue weighted by molar-refractivity contribution is 9.10. The van der Waals surface area contributed by atoms with Gasteiger partial charge in [0.1, 0.15) is 0 Å². The molecule has 1 unspecified atom stereocenters. The molecule has 2 rings (SSSR count). The molecular weight excluding hydrogens is 332 g/mol. The molecule has 1 aromatic carbocycles. The number of hydrogen-bond acceptors (Lipinski definition) is 3. The van der Waals surface area contributed by atoms with E-state index in [4.69, 9.17) is 4.74 Å². The van der Waals surface area contributed by atoms with Crippen LogP contribution in [0.2, 0.25) is 0 Å². The number of carbonyl (C=O) groups is 2. The van der Waals surface area contributed by atoms with Gasteiger partial charge in [-0.3, -0.25) is 9.59 Å². The van der Waals surface area contributed by atoms with Crippen LogP contribution in [0.4, 0.5) is 0 Å². The quantitative estimate of drug-likeness (QED) is 0.779. The van der Waals surface area contributed by atoms with Crippen molar-refractivity contribution in [1.82, 2.24) is 0 Å². The Bertz CT molecular complexity index is 616. The number of allylic oxidation sites excluding steroid dienone is 1. The maximum Gasteiger partial charge on any atom is 0.312 e. The van der Waals surface area contributed by atoms with Gasteiger partial charge in [0.2, 0.25) is 0 Å². The van der Waals surface area contributed by atoms with E-state index in [0.29, 0.717) is 19.3 Å². The average molecular weight is 351 g/mol. The fourth-order valence-corrected chi connectivity index (χ4v) is 3.19. The highest BCUT2D eigenvalue weighted by atomic mass is 79.9. The molecule has 0 radical (unpaired) electrons. The molecule has 1 atom stereocenters. The number of esters is 1. The molecule has 0 saturated heterocycles. The SMILES string of the molecule is COC(=O)C1CCC(=O)C(Cc2cccc(C)c2Br)=C1C. The third kappa shape index (κ3) is 3.26. The molecule has 0 heterocycles. The first kappa shape index (κ1) is 16.0. The van der Waals surface area contributed by atoms with Gasteiger partial charge in [0, 0.05) is 17.3 Å². The van der Waals surface area contributed by atoms with Gasteiger partial charge in [-0.2, -0.15) is 0 Å². The predicted octanol–water partition coefficient (Wildman–Crippen LogP) is 3.77. The van der Waals surface area contributed by atoms with Crippen LogP contribution in [0.25, 0.3) is 0 Å². The minimum Gasteiger partial charge on any atom is -0.469 e. The number of benzene rings is 1. The first-order valence-electron chi connectivity index (χ1n) is 7.00. The van der Waals surface area contributed by atoms with Crippen LogP contribution >= 0.6 is 15.9 Å². The zero-order valence-electron chi connectivity index (χ0n) is 12.5. The molecule has 0 bridgehead atoms. The van der Waals surface area contributed by atoms with E-state index in [0.717, 1.165) is 26.7 Å². The van der Waals surface area contributed by atoms with Crippen molar-refractivity contribution in [3.05, 3.63) is 44.9 Å². The monoisotopic (exact) mass is 350 g/mol. The van der Waals surface area contributed by atoms with Crippen LogP contribution in [0, 0.1) is 12.8 Å². The lowest BCUT2D eigenvalue weighted by Crippen LogP contribution is -2.26. The van der Waals surface area contributed by atoms with E-state index < -0.39 is 0 Å². The van der Waals surface area contributed by atoms with Crippen LogP contribution in [0.5, 0.6) is 0 Å². The highest BCUT2D eigenvalue weighted by Crippen LogP contribution is 2.32. The summed E-state index contributed by atoms with van der Waals surface area (Å²) in [6, 6.07) is 6.01. The van der Waals surface area contributed by atoms with Crippen LogP contribution in [0.15, 0.2) is 33.8 Å². The van der Waals surface area contributed by atoms with Gasteiger partial charge in [0.15, 0.2) is 5.78 Å². The smallest absolute Gasteiger partial charge is 0.312 e. The van der Waals surface area contributed by atoms with Crippen molar-refractivity contribution in [2.24, 2.45) is 5.92 Å². The van der Waals surface area contributed by atoms with Crippen molar-refractivity contribution in [1.29, 1.82) is 0 Å². The Kier molecular flexibility index (Phi) is 4.99. The third-order valence-electron chi connectivity index (χ3n) is 4.12. The molecule has 4 heteroatoms. The van der Waals surface area contributed by atoms with Gasteiger partial charge in [0.25, 0.3) is 0 Å². The van der Waals surface area contributed by atoms with Crippen molar-refractivity contribution in [2.75, 3.05) is 7.11 Å². The van der Waals surface area contributed by atoms with Crippen molar-refractivity contribution < 1.29 is 14.3 Å². The van der Waals surface area contributed by atoms with Crippen LogP contribution in [-0.4, -0.2) is 18.9 Å². The number of halogens is 1. The number of ketones is 1. The Labute approximate surface area is 133 Å². The number of carbonyl (C=O) groups excluding carboxylic acids is 2. The van der Waals surface area contributed by atoms with E-state index in [2.05, 4.69) is 15.9 Å². The van der Waals surface area contributed by atoms with Gasteiger partial charge >= 0.3 is 5.97 Å². The lowest BCUT2D eigenvalue weighted by atomic mass is 9.80. The van der Waals surface area contributed by atoms with Crippen LogP contribution in [0.1, 0.15) is 30.9 Å². The van der Waals surface area contributed by atoms with Gasteiger partial charge in [-0.05, 0) is 37.0 Å². The minimum absolute atomic E-state index is 0.140. The summed E-state index contributed by atoms with van der Waals surface area (Å²) < 4.78 is 5.87. The summed E-state index contributed by atoms with van der Waals surface area (Å²) in [5, 5.41) is 0. The largest absolute Gasteiger partial charge is 0.469 e. The Balaban J connectivity index is 2.37. The predicted molar refractivity (Wildman–Crippen MR) is 85.0 cm³/mol. The normalized spacial score (nSPS) is 18.9. The third-order valence-corrected chi connectivity index (χ3v) is 5.25. The van der Waals surface area contributed by atoms with Crippen LogP contribution in [0.3, 0.4) is 0 Å². The Morgan fingerprint density at radius 1 is 1.38 bits per heavy atom. The maximum atomic E-state index is 12.2. The van der Waals surface area contributed by atoms with Crippen LogP contribution in [-0.2, 0) is 20.7 Å². The number of hydrogen-bond donors (Lipinski definition) is 0. The zero-order valence-corrected chi connectivity index (χ0v) is 14.1. The molecule has 1 aromatic rings. The second kappa shape index (κ2) is 6.56. The van der Waals surface area contributed by atoms with Gasteiger partial charge in [-0.1, -0.05) is 39.7 Å². The summed E-state index contributed by atoms with van der Waals surface area (Å²) in [6.45, 7) is 3.90. The molecule has 21 heavy (non-hydrogen) atoms. The number of aryl methyl sites for hydroxylation is 1. The van der Waals surface area contributed by atoms with Crippen molar-refractivity contribution in [2.45, 2.75) is 33.1 Å². The van der Waals surface area contributed by atoms with Crippen molar-refractivity contribution >= 4 is 27.7 Å². The van der Waals surface area contributed by atoms with E-state index in [1.165, 1.54) is 7.11 Å². The van der Waals surface area contributed by atoms with E-state index in [1.807, 2.05) is 32.0 Å². The Hall–Kier alpha value is -1.42. The molecule has 0 aliphatic heterocycles.